The van der Waals surface area contributed by atoms with Crippen molar-refractivity contribution in [3.63, 3.8) is 0 Å². The normalized spacial score (nSPS) is 13.7. The second kappa shape index (κ2) is 14.8. The van der Waals surface area contributed by atoms with E-state index in [1.165, 1.54) is 58.7 Å². The SMILES string of the molecule is CCC1(CC)c2cc(-c3ccc(/C=C(\C#N)S(=O)(=O)c4ccccc4)cc3)ccc2-c2ccc(-c3ccc(/C=C(\C#N)S(=O)(=O)c4ccccc4)cc3)cc21. The zero-order valence-corrected chi connectivity index (χ0v) is 31.9. The fourth-order valence-corrected chi connectivity index (χ4v) is 9.87. The Bertz CT molecular complexity index is 2600. The number of hydrogen-bond donors (Lipinski definition) is 0. The van der Waals surface area contributed by atoms with Crippen molar-refractivity contribution in [1.29, 1.82) is 10.5 Å². The average Bonchev–Trinajstić information content (AvgIpc) is 3.51. The summed E-state index contributed by atoms with van der Waals surface area (Å²) in [5.74, 6) is 0. The van der Waals surface area contributed by atoms with Gasteiger partial charge in [0.2, 0.25) is 19.7 Å². The average molecular weight is 757 g/mol. The molecule has 0 radical (unpaired) electrons. The van der Waals surface area contributed by atoms with Gasteiger partial charge in [-0.05, 0) is 117 Å². The number of nitriles is 2. The minimum Gasteiger partial charge on any atom is -0.218 e. The van der Waals surface area contributed by atoms with Crippen molar-refractivity contribution in [2.75, 3.05) is 0 Å². The molecule has 0 saturated carbocycles. The number of rotatable bonds is 10. The standard InChI is InChI=1S/C47H36N2O4S2/c1-3-47(4-2)45-29-37(35-19-15-33(16-20-35)27-41(31-48)54(50,51)39-11-7-5-8-12-39)23-25-43(45)44-26-24-38(30-46(44)47)36-21-17-34(18-22-36)28-42(32-49)55(52,53)40-13-9-6-10-14-40/h5-30H,3-4H2,1-2H3/b41-27+,42-28+. The van der Waals surface area contributed by atoms with E-state index in [0.29, 0.717) is 11.1 Å². The van der Waals surface area contributed by atoms with Crippen LogP contribution in [0.5, 0.6) is 0 Å². The van der Waals surface area contributed by atoms with E-state index in [1.54, 1.807) is 36.4 Å². The van der Waals surface area contributed by atoms with Gasteiger partial charge in [-0.1, -0.05) is 123 Å². The summed E-state index contributed by atoms with van der Waals surface area (Å²) in [5.41, 5.74) is 9.97. The predicted molar refractivity (Wildman–Crippen MR) is 219 cm³/mol. The van der Waals surface area contributed by atoms with Crippen LogP contribution in [0.1, 0.15) is 48.9 Å². The quantitative estimate of drug-likeness (QED) is 0.129. The summed E-state index contributed by atoms with van der Waals surface area (Å²) in [6.45, 7) is 4.44. The summed E-state index contributed by atoms with van der Waals surface area (Å²) in [6.07, 6.45) is 4.60. The van der Waals surface area contributed by atoms with Crippen LogP contribution in [-0.4, -0.2) is 16.8 Å². The first-order chi connectivity index (χ1) is 26.5. The Labute approximate surface area is 322 Å². The second-order valence-corrected chi connectivity index (χ2v) is 17.3. The van der Waals surface area contributed by atoms with Crippen molar-refractivity contribution in [2.45, 2.75) is 41.9 Å². The highest BCUT2D eigenvalue weighted by Crippen LogP contribution is 2.54. The summed E-state index contributed by atoms with van der Waals surface area (Å²) in [6, 6.07) is 47.9. The van der Waals surface area contributed by atoms with Crippen LogP contribution in [0.3, 0.4) is 0 Å². The van der Waals surface area contributed by atoms with Crippen LogP contribution < -0.4 is 0 Å². The fraction of sp³-hybridized carbons (Fsp3) is 0.106. The number of hydrogen-bond acceptors (Lipinski definition) is 6. The monoisotopic (exact) mass is 756 g/mol. The van der Waals surface area contributed by atoms with Crippen molar-refractivity contribution < 1.29 is 16.8 Å². The maximum atomic E-state index is 13.1. The molecule has 6 nitrogen and oxygen atoms in total. The molecule has 0 atom stereocenters. The van der Waals surface area contributed by atoms with E-state index in [-0.39, 0.29) is 25.0 Å². The van der Waals surface area contributed by atoms with Gasteiger partial charge in [0.15, 0.2) is 0 Å². The molecule has 0 saturated heterocycles. The van der Waals surface area contributed by atoms with Crippen LogP contribution in [-0.2, 0) is 25.1 Å². The molecule has 0 aromatic heterocycles. The molecule has 0 aliphatic heterocycles. The third kappa shape index (κ3) is 6.72. The molecule has 0 bridgehead atoms. The lowest BCUT2D eigenvalue weighted by atomic mass is 9.73. The Morgan fingerprint density at radius 1 is 0.509 bits per heavy atom. The van der Waals surface area contributed by atoms with Crippen molar-refractivity contribution in [3.05, 3.63) is 178 Å². The Morgan fingerprint density at radius 3 is 1.18 bits per heavy atom. The van der Waals surface area contributed by atoms with E-state index in [4.69, 9.17) is 0 Å². The smallest absolute Gasteiger partial charge is 0.216 e. The van der Waals surface area contributed by atoms with Gasteiger partial charge in [-0.15, -0.1) is 0 Å². The Hall–Kier alpha value is -6.32. The molecular weight excluding hydrogens is 721 g/mol. The largest absolute Gasteiger partial charge is 0.218 e. The van der Waals surface area contributed by atoms with Crippen LogP contribution in [0.4, 0.5) is 0 Å². The minimum absolute atomic E-state index is 0.0798. The second-order valence-electron chi connectivity index (χ2n) is 13.4. The highest BCUT2D eigenvalue weighted by molar-refractivity contribution is 7.96. The van der Waals surface area contributed by atoms with Crippen LogP contribution in [0.15, 0.2) is 165 Å². The molecule has 0 spiro atoms. The van der Waals surface area contributed by atoms with Crippen molar-refractivity contribution >= 4 is 31.8 Å². The van der Waals surface area contributed by atoms with Gasteiger partial charge in [-0.25, -0.2) is 16.8 Å². The van der Waals surface area contributed by atoms with E-state index in [0.717, 1.165) is 35.1 Å². The topological polar surface area (TPSA) is 116 Å². The lowest BCUT2D eigenvalue weighted by Crippen LogP contribution is -2.23. The maximum absolute atomic E-state index is 13.1. The van der Waals surface area contributed by atoms with E-state index < -0.39 is 19.7 Å². The highest BCUT2D eigenvalue weighted by Gasteiger charge is 2.40. The highest BCUT2D eigenvalue weighted by atomic mass is 32.2. The molecule has 0 amide bonds. The first kappa shape index (κ1) is 37.0. The summed E-state index contributed by atoms with van der Waals surface area (Å²) in [4.78, 5) is -0.466. The number of sulfone groups is 2. The first-order valence-corrected chi connectivity index (χ1v) is 20.9. The zero-order valence-electron chi connectivity index (χ0n) is 30.3. The van der Waals surface area contributed by atoms with Gasteiger partial charge in [0.1, 0.15) is 21.9 Å². The third-order valence-corrected chi connectivity index (χ3v) is 13.9. The van der Waals surface area contributed by atoms with E-state index >= 15 is 0 Å². The van der Waals surface area contributed by atoms with Gasteiger partial charge < -0.3 is 0 Å². The van der Waals surface area contributed by atoms with Crippen LogP contribution in [0, 0.1) is 22.7 Å². The number of nitrogens with zero attached hydrogens (tertiary/aromatic N) is 2. The Kier molecular flexibility index (Phi) is 9.99. The molecular formula is C47H36N2O4S2. The summed E-state index contributed by atoms with van der Waals surface area (Å²) < 4.78 is 52.3. The number of fused-ring (bicyclic) bond motifs is 3. The van der Waals surface area contributed by atoms with Gasteiger partial charge in [0.25, 0.3) is 0 Å². The Balaban J connectivity index is 1.17. The van der Waals surface area contributed by atoms with Crippen LogP contribution >= 0.6 is 0 Å². The molecule has 270 valence electrons. The minimum atomic E-state index is -3.94. The molecule has 0 unspecified atom stereocenters. The van der Waals surface area contributed by atoms with Crippen molar-refractivity contribution in [2.24, 2.45) is 0 Å². The van der Waals surface area contributed by atoms with Gasteiger partial charge in [-0.3, -0.25) is 0 Å². The lowest BCUT2D eigenvalue weighted by molar-refractivity contribution is 0.491. The van der Waals surface area contributed by atoms with Crippen LogP contribution in [0.2, 0.25) is 0 Å². The van der Waals surface area contributed by atoms with Gasteiger partial charge in [0, 0.05) is 5.41 Å². The number of allylic oxidation sites excluding steroid dienone is 2. The third-order valence-electron chi connectivity index (χ3n) is 10.6. The lowest BCUT2D eigenvalue weighted by Gasteiger charge is -2.30. The molecule has 0 N–H and O–H groups in total. The van der Waals surface area contributed by atoms with E-state index in [9.17, 15) is 27.4 Å². The maximum Gasteiger partial charge on any atom is 0.216 e. The molecule has 8 heteroatoms. The van der Waals surface area contributed by atoms with Gasteiger partial charge in [0.05, 0.1) is 9.79 Å². The predicted octanol–water partition coefficient (Wildman–Crippen LogP) is 10.8. The molecule has 6 aromatic carbocycles. The molecule has 6 aromatic rings. The first-order valence-electron chi connectivity index (χ1n) is 17.9. The molecule has 1 aliphatic rings. The Morgan fingerprint density at radius 2 is 0.855 bits per heavy atom. The summed E-state index contributed by atoms with van der Waals surface area (Å²) in [7, 11) is -7.88. The molecule has 0 fully saturated rings. The van der Waals surface area contributed by atoms with E-state index in [2.05, 4.69) is 50.2 Å². The summed E-state index contributed by atoms with van der Waals surface area (Å²) in [5, 5.41) is 19.5. The molecule has 55 heavy (non-hydrogen) atoms. The summed E-state index contributed by atoms with van der Waals surface area (Å²) >= 11 is 0. The van der Waals surface area contributed by atoms with Gasteiger partial charge >= 0.3 is 0 Å². The zero-order chi connectivity index (χ0) is 38.8. The molecule has 0 heterocycles. The van der Waals surface area contributed by atoms with Gasteiger partial charge in [-0.2, -0.15) is 10.5 Å². The molecule has 7 rings (SSSR count). The van der Waals surface area contributed by atoms with Crippen molar-refractivity contribution in [3.8, 4) is 45.5 Å². The fourth-order valence-electron chi connectivity index (χ4n) is 7.51. The molecule has 1 aliphatic carbocycles. The van der Waals surface area contributed by atoms with Crippen molar-refractivity contribution in [1.82, 2.24) is 0 Å². The van der Waals surface area contributed by atoms with Crippen LogP contribution in [0.25, 0.3) is 45.5 Å². The van der Waals surface area contributed by atoms with E-state index in [1.807, 2.05) is 60.7 Å². The number of benzene rings is 6.